The summed E-state index contributed by atoms with van der Waals surface area (Å²) in [5.74, 6) is 0.783. The number of ether oxygens (including phenoxy) is 1. The Balaban J connectivity index is 2.09. The average molecular weight is 416 g/mol. The Hall–Kier alpha value is -2.22. The zero-order chi connectivity index (χ0) is 16.0. The smallest absolute Gasteiger partial charge is 0.151 e. The average Bonchev–Trinajstić information content (AvgIpc) is 2.89. The second kappa shape index (κ2) is 5.45. The Morgan fingerprint density at radius 1 is 1.17 bits per heavy atom. The molecule has 0 saturated carbocycles. The lowest BCUT2D eigenvalue weighted by molar-refractivity contribution is 0.411. The number of halogens is 1. The highest BCUT2D eigenvalue weighted by Gasteiger charge is 2.16. The van der Waals surface area contributed by atoms with Gasteiger partial charge < -0.3 is 9.30 Å². The standard InChI is InChI=1S/C17H13IN4O/c1-22-13-8-20-12(10-4-3-5-19-7-10)6-11(13)15-16(18)14(23-2)9-21-17(15)22/h3-9H,1-2H3. The van der Waals surface area contributed by atoms with Crippen LogP contribution in [0.25, 0.3) is 33.2 Å². The van der Waals surface area contributed by atoms with Crippen molar-refractivity contribution in [3.05, 3.63) is 46.6 Å². The van der Waals surface area contributed by atoms with Crippen molar-refractivity contribution in [2.45, 2.75) is 0 Å². The van der Waals surface area contributed by atoms with Gasteiger partial charge in [-0.25, -0.2) is 4.98 Å². The first-order valence-electron chi connectivity index (χ1n) is 7.07. The minimum atomic E-state index is 0.783. The molecule has 0 aromatic carbocycles. The first kappa shape index (κ1) is 14.4. The maximum atomic E-state index is 5.42. The van der Waals surface area contributed by atoms with Crippen molar-refractivity contribution in [1.29, 1.82) is 0 Å². The molecule has 0 fully saturated rings. The van der Waals surface area contributed by atoms with Gasteiger partial charge in [0.05, 0.1) is 34.3 Å². The summed E-state index contributed by atoms with van der Waals surface area (Å²) in [6, 6.07) is 6.02. The van der Waals surface area contributed by atoms with Crippen LogP contribution in [0.3, 0.4) is 0 Å². The van der Waals surface area contributed by atoms with E-state index in [0.29, 0.717) is 0 Å². The zero-order valence-electron chi connectivity index (χ0n) is 12.6. The van der Waals surface area contributed by atoms with E-state index in [2.05, 4.69) is 48.2 Å². The molecule has 0 unspecified atom stereocenters. The van der Waals surface area contributed by atoms with Gasteiger partial charge in [-0.2, -0.15) is 0 Å². The van der Waals surface area contributed by atoms with E-state index in [-0.39, 0.29) is 0 Å². The van der Waals surface area contributed by atoms with Gasteiger partial charge in [-0.3, -0.25) is 9.97 Å². The van der Waals surface area contributed by atoms with Gasteiger partial charge in [0.25, 0.3) is 0 Å². The molecule has 23 heavy (non-hydrogen) atoms. The van der Waals surface area contributed by atoms with E-state index in [0.717, 1.165) is 42.5 Å². The molecule has 0 bridgehead atoms. The van der Waals surface area contributed by atoms with Gasteiger partial charge >= 0.3 is 0 Å². The number of aryl methyl sites for hydroxylation is 1. The van der Waals surface area contributed by atoms with Crippen LogP contribution in [0.15, 0.2) is 43.0 Å². The van der Waals surface area contributed by atoms with E-state index < -0.39 is 0 Å². The quantitative estimate of drug-likeness (QED) is 0.467. The van der Waals surface area contributed by atoms with E-state index in [4.69, 9.17) is 4.74 Å². The van der Waals surface area contributed by atoms with Crippen LogP contribution in [-0.2, 0) is 7.05 Å². The predicted octanol–water partition coefficient (Wildman–Crippen LogP) is 3.80. The fraction of sp³-hybridized carbons (Fsp3) is 0.118. The Morgan fingerprint density at radius 3 is 2.78 bits per heavy atom. The molecule has 5 nitrogen and oxygen atoms in total. The molecule has 0 aliphatic carbocycles. The molecule has 4 heterocycles. The van der Waals surface area contributed by atoms with Crippen LogP contribution in [0, 0.1) is 3.57 Å². The highest BCUT2D eigenvalue weighted by atomic mass is 127. The second-order valence-electron chi connectivity index (χ2n) is 5.23. The third-order valence-corrected chi connectivity index (χ3v) is 5.04. The highest BCUT2D eigenvalue weighted by molar-refractivity contribution is 14.1. The summed E-state index contributed by atoms with van der Waals surface area (Å²) in [4.78, 5) is 13.3. The van der Waals surface area contributed by atoms with Crippen LogP contribution in [0.1, 0.15) is 0 Å². The first-order valence-corrected chi connectivity index (χ1v) is 8.15. The van der Waals surface area contributed by atoms with Gasteiger partial charge in [-0.1, -0.05) is 0 Å². The predicted molar refractivity (Wildman–Crippen MR) is 98.5 cm³/mol. The largest absolute Gasteiger partial charge is 0.494 e. The molecule has 0 atom stereocenters. The Morgan fingerprint density at radius 2 is 2.04 bits per heavy atom. The highest BCUT2D eigenvalue weighted by Crippen LogP contribution is 2.35. The van der Waals surface area contributed by atoms with Crippen LogP contribution in [0.2, 0.25) is 0 Å². The monoisotopic (exact) mass is 416 g/mol. The minimum Gasteiger partial charge on any atom is -0.494 e. The maximum absolute atomic E-state index is 5.42. The molecule has 6 heteroatoms. The van der Waals surface area contributed by atoms with Gasteiger partial charge in [-0.05, 0) is 40.8 Å². The summed E-state index contributed by atoms with van der Waals surface area (Å²) < 4.78 is 8.54. The lowest BCUT2D eigenvalue weighted by atomic mass is 10.1. The van der Waals surface area contributed by atoms with Crippen molar-refractivity contribution in [2.75, 3.05) is 7.11 Å². The van der Waals surface area contributed by atoms with Crippen LogP contribution in [-0.4, -0.2) is 26.6 Å². The van der Waals surface area contributed by atoms with Crippen molar-refractivity contribution in [3.63, 3.8) is 0 Å². The molecule has 0 aliphatic rings. The Labute approximate surface area is 146 Å². The second-order valence-corrected chi connectivity index (χ2v) is 6.31. The zero-order valence-corrected chi connectivity index (χ0v) is 14.8. The number of rotatable bonds is 2. The van der Waals surface area contributed by atoms with E-state index in [9.17, 15) is 0 Å². The van der Waals surface area contributed by atoms with Crippen molar-refractivity contribution in [2.24, 2.45) is 7.05 Å². The number of nitrogens with zero attached hydrogens (tertiary/aromatic N) is 4. The van der Waals surface area contributed by atoms with Gasteiger partial charge in [0.1, 0.15) is 5.65 Å². The fourth-order valence-electron chi connectivity index (χ4n) is 2.80. The third kappa shape index (κ3) is 2.16. The van der Waals surface area contributed by atoms with Gasteiger partial charge in [0.2, 0.25) is 0 Å². The summed E-state index contributed by atoms with van der Waals surface area (Å²) in [5.41, 5.74) is 3.87. The molecule has 4 rings (SSSR count). The number of hydrogen-bond acceptors (Lipinski definition) is 4. The van der Waals surface area contributed by atoms with E-state index >= 15 is 0 Å². The lowest BCUT2D eigenvalue weighted by Gasteiger charge is -2.04. The Bertz CT molecular complexity index is 1030. The molecule has 0 N–H and O–H groups in total. The minimum absolute atomic E-state index is 0.783. The van der Waals surface area contributed by atoms with Crippen LogP contribution >= 0.6 is 22.6 Å². The van der Waals surface area contributed by atoms with Crippen LogP contribution in [0.4, 0.5) is 0 Å². The molecule has 4 aromatic rings. The molecule has 0 saturated heterocycles. The SMILES string of the molecule is COc1cnc2c(c1I)c1cc(-c3cccnc3)ncc1n2C. The van der Waals surface area contributed by atoms with E-state index in [1.54, 1.807) is 19.5 Å². The van der Waals surface area contributed by atoms with Gasteiger partial charge in [0.15, 0.2) is 5.75 Å². The van der Waals surface area contributed by atoms with Gasteiger partial charge in [-0.15, -0.1) is 0 Å². The number of pyridine rings is 3. The number of hydrogen-bond donors (Lipinski definition) is 0. The number of aromatic nitrogens is 4. The molecular formula is C17H13IN4O. The van der Waals surface area contributed by atoms with E-state index in [1.807, 2.05) is 31.6 Å². The molecule has 0 aliphatic heterocycles. The summed E-state index contributed by atoms with van der Waals surface area (Å²) in [6.45, 7) is 0. The summed E-state index contributed by atoms with van der Waals surface area (Å²) in [5, 5.41) is 2.21. The summed E-state index contributed by atoms with van der Waals surface area (Å²) in [6.07, 6.45) is 7.24. The normalized spacial score (nSPS) is 11.3. The van der Waals surface area contributed by atoms with E-state index in [1.165, 1.54) is 0 Å². The van der Waals surface area contributed by atoms with Crippen molar-refractivity contribution in [3.8, 4) is 17.0 Å². The maximum Gasteiger partial charge on any atom is 0.151 e. The Kier molecular flexibility index (Phi) is 3.41. The van der Waals surface area contributed by atoms with Crippen LogP contribution < -0.4 is 4.74 Å². The fourth-order valence-corrected chi connectivity index (χ4v) is 3.69. The molecule has 114 valence electrons. The van der Waals surface area contributed by atoms with Gasteiger partial charge in [0, 0.05) is 35.8 Å². The van der Waals surface area contributed by atoms with Crippen molar-refractivity contribution in [1.82, 2.24) is 19.5 Å². The van der Waals surface area contributed by atoms with Crippen molar-refractivity contribution >= 4 is 44.5 Å². The number of methoxy groups -OCH3 is 1. The number of fused-ring (bicyclic) bond motifs is 3. The molecule has 4 aromatic heterocycles. The summed E-state index contributed by atoms with van der Waals surface area (Å²) in [7, 11) is 3.67. The van der Waals surface area contributed by atoms with Crippen molar-refractivity contribution < 1.29 is 4.74 Å². The lowest BCUT2D eigenvalue weighted by Crippen LogP contribution is -1.93. The molecule has 0 radical (unpaired) electrons. The first-order chi connectivity index (χ1) is 11.2. The third-order valence-electron chi connectivity index (χ3n) is 3.97. The molecule has 0 amide bonds. The molecule has 0 spiro atoms. The summed E-state index contributed by atoms with van der Waals surface area (Å²) >= 11 is 2.32. The van der Waals surface area contributed by atoms with Crippen LogP contribution in [0.5, 0.6) is 5.75 Å². The molecular weight excluding hydrogens is 403 g/mol. The topological polar surface area (TPSA) is 52.8 Å².